The Morgan fingerprint density at radius 1 is 1.14 bits per heavy atom. The maximum Gasteiger partial charge on any atom is 0.240 e. The highest BCUT2D eigenvalue weighted by Crippen LogP contribution is 2.39. The smallest absolute Gasteiger partial charge is 0.240 e. The molecule has 0 amide bonds. The molecule has 12 nitrogen and oxygen atoms in total. The summed E-state index contributed by atoms with van der Waals surface area (Å²) in [5.41, 5.74) is 0.487. The molecule has 4 rings (SSSR count). The minimum Gasteiger partial charge on any atom is -0.481 e. The van der Waals surface area contributed by atoms with E-state index in [4.69, 9.17) is 25.8 Å². The van der Waals surface area contributed by atoms with Crippen LogP contribution in [0.15, 0.2) is 30.6 Å². The van der Waals surface area contributed by atoms with E-state index in [-0.39, 0.29) is 23.9 Å². The standard InChI is InChI=1S/C21H26ClN7O5S/c1-12(18(34-4)19-23-10-13(22)11-24-19)35(30,31)28-21-27-26-20(14-6-5-7-17(25-14)33-3)29(21)15-8-9-16(15)32-2/h5-7,10-12,15-16,18H,8-9H2,1-4H3,(H,27,28)/t12?,15-,16-,18?/m0/s1. The Kier molecular flexibility index (Phi) is 7.50. The number of rotatable bonds is 10. The van der Waals surface area contributed by atoms with Crippen molar-refractivity contribution < 1.29 is 22.6 Å². The lowest BCUT2D eigenvalue weighted by Gasteiger charge is -2.37. The normalized spacial score (nSPS) is 19.6. The Labute approximate surface area is 208 Å². The minimum absolute atomic E-state index is 0.0510. The first-order valence-corrected chi connectivity index (χ1v) is 12.7. The van der Waals surface area contributed by atoms with E-state index in [0.717, 1.165) is 12.8 Å². The molecule has 35 heavy (non-hydrogen) atoms. The van der Waals surface area contributed by atoms with Crippen molar-refractivity contribution in [3.63, 3.8) is 0 Å². The summed E-state index contributed by atoms with van der Waals surface area (Å²) in [6.07, 6.45) is 3.29. The highest BCUT2D eigenvalue weighted by Gasteiger charge is 2.39. The predicted octanol–water partition coefficient (Wildman–Crippen LogP) is 2.66. The van der Waals surface area contributed by atoms with E-state index in [1.165, 1.54) is 33.5 Å². The van der Waals surface area contributed by atoms with Gasteiger partial charge >= 0.3 is 0 Å². The van der Waals surface area contributed by atoms with E-state index < -0.39 is 21.4 Å². The summed E-state index contributed by atoms with van der Waals surface area (Å²) in [6.45, 7) is 1.50. The maximum absolute atomic E-state index is 13.4. The Hall–Kier alpha value is -2.87. The number of hydrogen-bond acceptors (Lipinski definition) is 10. The fraction of sp³-hybridized carbons (Fsp3) is 0.476. The molecule has 2 unspecified atom stereocenters. The van der Waals surface area contributed by atoms with Gasteiger partial charge in [0.2, 0.25) is 21.9 Å². The zero-order valence-corrected chi connectivity index (χ0v) is 21.2. The molecule has 188 valence electrons. The number of methoxy groups -OCH3 is 3. The van der Waals surface area contributed by atoms with Crippen LogP contribution in [0.1, 0.15) is 37.7 Å². The molecule has 0 aromatic carbocycles. The first-order chi connectivity index (χ1) is 16.8. The van der Waals surface area contributed by atoms with Crippen LogP contribution in [0, 0.1) is 0 Å². The Morgan fingerprint density at radius 2 is 1.89 bits per heavy atom. The second kappa shape index (κ2) is 10.4. The topological polar surface area (TPSA) is 143 Å². The first-order valence-electron chi connectivity index (χ1n) is 10.8. The molecular weight excluding hydrogens is 498 g/mol. The molecule has 1 fully saturated rings. The number of hydrogen-bond donors (Lipinski definition) is 1. The van der Waals surface area contributed by atoms with Crippen LogP contribution in [0.5, 0.6) is 5.88 Å². The van der Waals surface area contributed by atoms with Gasteiger partial charge in [0.15, 0.2) is 11.6 Å². The van der Waals surface area contributed by atoms with Crippen molar-refractivity contribution in [1.82, 2.24) is 29.7 Å². The molecule has 14 heteroatoms. The van der Waals surface area contributed by atoms with Crippen LogP contribution in [-0.2, 0) is 19.5 Å². The molecule has 3 aromatic heterocycles. The SMILES string of the molecule is COc1cccc(-c2nnc(NS(=O)(=O)C(C)C(OC)c3ncc(Cl)cn3)n2[C@H]2CC[C@@H]2OC)n1. The number of aromatic nitrogens is 6. The van der Waals surface area contributed by atoms with Gasteiger partial charge in [0, 0.05) is 32.7 Å². The molecule has 1 aliphatic rings. The molecule has 3 heterocycles. The number of ether oxygens (including phenoxy) is 3. The van der Waals surface area contributed by atoms with Gasteiger partial charge in [-0.2, -0.15) is 0 Å². The maximum atomic E-state index is 13.4. The van der Waals surface area contributed by atoms with E-state index in [9.17, 15) is 8.42 Å². The molecule has 0 spiro atoms. The van der Waals surface area contributed by atoms with Gasteiger partial charge in [-0.1, -0.05) is 17.7 Å². The fourth-order valence-electron chi connectivity index (χ4n) is 3.88. The lowest BCUT2D eigenvalue weighted by molar-refractivity contribution is -0.00771. The number of halogens is 1. The van der Waals surface area contributed by atoms with E-state index >= 15 is 0 Å². The highest BCUT2D eigenvalue weighted by atomic mass is 35.5. The van der Waals surface area contributed by atoms with Crippen LogP contribution in [0.2, 0.25) is 5.02 Å². The Balaban J connectivity index is 1.69. The van der Waals surface area contributed by atoms with Crippen molar-refractivity contribution in [2.75, 3.05) is 26.1 Å². The van der Waals surface area contributed by atoms with Gasteiger partial charge in [-0.05, 0) is 25.8 Å². The molecule has 0 saturated heterocycles. The van der Waals surface area contributed by atoms with Crippen LogP contribution >= 0.6 is 11.6 Å². The van der Waals surface area contributed by atoms with Gasteiger partial charge in [-0.25, -0.2) is 23.4 Å². The Bertz CT molecular complexity index is 1270. The largest absolute Gasteiger partial charge is 0.481 e. The van der Waals surface area contributed by atoms with Gasteiger partial charge in [-0.15, -0.1) is 10.2 Å². The second-order valence-corrected chi connectivity index (χ2v) is 10.4. The van der Waals surface area contributed by atoms with Gasteiger partial charge in [-0.3, -0.25) is 9.29 Å². The third kappa shape index (κ3) is 5.08. The van der Waals surface area contributed by atoms with Crippen molar-refractivity contribution >= 4 is 27.6 Å². The predicted molar refractivity (Wildman–Crippen MR) is 128 cm³/mol. The zero-order chi connectivity index (χ0) is 25.2. The summed E-state index contributed by atoms with van der Waals surface area (Å²) >= 11 is 5.86. The summed E-state index contributed by atoms with van der Waals surface area (Å²) < 4.78 is 47.3. The van der Waals surface area contributed by atoms with Crippen molar-refractivity contribution in [2.45, 2.75) is 43.3 Å². The molecular formula is C21H26ClN7O5S. The molecule has 1 N–H and O–H groups in total. The number of pyridine rings is 1. The quantitative estimate of drug-likeness (QED) is 0.421. The third-order valence-corrected chi connectivity index (χ3v) is 7.85. The van der Waals surface area contributed by atoms with E-state index in [1.54, 1.807) is 29.9 Å². The van der Waals surface area contributed by atoms with Crippen molar-refractivity contribution in [3.8, 4) is 17.4 Å². The lowest BCUT2D eigenvalue weighted by atomic mass is 9.88. The van der Waals surface area contributed by atoms with E-state index in [0.29, 0.717) is 22.4 Å². The molecule has 4 atom stereocenters. The molecule has 3 aromatic rings. The van der Waals surface area contributed by atoms with Gasteiger partial charge in [0.1, 0.15) is 17.0 Å². The molecule has 1 aliphatic carbocycles. The van der Waals surface area contributed by atoms with Gasteiger partial charge in [0.25, 0.3) is 0 Å². The van der Waals surface area contributed by atoms with Crippen LogP contribution < -0.4 is 9.46 Å². The summed E-state index contributed by atoms with van der Waals surface area (Å²) in [4.78, 5) is 12.7. The minimum atomic E-state index is -4.03. The van der Waals surface area contributed by atoms with Crippen molar-refractivity contribution in [3.05, 3.63) is 41.4 Å². The van der Waals surface area contributed by atoms with Crippen molar-refractivity contribution in [1.29, 1.82) is 0 Å². The van der Waals surface area contributed by atoms with E-state index in [1.807, 2.05) is 0 Å². The van der Waals surface area contributed by atoms with Crippen molar-refractivity contribution in [2.24, 2.45) is 0 Å². The second-order valence-electron chi connectivity index (χ2n) is 7.97. The molecule has 0 radical (unpaired) electrons. The van der Waals surface area contributed by atoms with Crippen LogP contribution in [0.4, 0.5) is 5.95 Å². The number of nitrogens with one attached hydrogen (secondary N) is 1. The summed E-state index contributed by atoms with van der Waals surface area (Å²) in [5, 5.41) is 7.66. The highest BCUT2D eigenvalue weighted by molar-refractivity contribution is 7.93. The van der Waals surface area contributed by atoms with Gasteiger partial charge in [0.05, 0.1) is 24.3 Å². The molecule has 0 bridgehead atoms. The average molecular weight is 524 g/mol. The fourth-order valence-corrected chi connectivity index (χ4v) is 5.12. The van der Waals surface area contributed by atoms with E-state index in [2.05, 4.69) is 29.9 Å². The summed E-state index contributed by atoms with van der Waals surface area (Å²) in [6, 6.07) is 5.06. The number of sulfonamides is 1. The molecule has 0 aliphatic heterocycles. The Morgan fingerprint density at radius 3 is 2.49 bits per heavy atom. The molecule has 1 saturated carbocycles. The third-order valence-electron chi connectivity index (χ3n) is 5.97. The summed E-state index contributed by atoms with van der Waals surface area (Å²) in [7, 11) is 0.496. The number of nitrogens with zero attached hydrogens (tertiary/aromatic N) is 6. The summed E-state index contributed by atoms with van der Waals surface area (Å²) in [5.74, 6) is 1.03. The average Bonchev–Trinajstić information content (AvgIpc) is 3.22. The lowest BCUT2D eigenvalue weighted by Crippen LogP contribution is -2.38. The van der Waals surface area contributed by atoms with Crippen LogP contribution in [0.25, 0.3) is 11.5 Å². The van der Waals surface area contributed by atoms with Crippen LogP contribution in [0.3, 0.4) is 0 Å². The monoisotopic (exact) mass is 523 g/mol. The number of anilines is 1. The van der Waals surface area contributed by atoms with Gasteiger partial charge < -0.3 is 14.2 Å². The first kappa shape index (κ1) is 25.2. The zero-order valence-electron chi connectivity index (χ0n) is 19.6. The van der Waals surface area contributed by atoms with Crippen LogP contribution in [-0.4, -0.2) is 70.8 Å².